The van der Waals surface area contributed by atoms with E-state index in [9.17, 15) is 4.79 Å². The van der Waals surface area contributed by atoms with Crippen LogP contribution in [0.25, 0.3) is 11.5 Å². The smallest absolute Gasteiger partial charge is 0.230 e. The van der Waals surface area contributed by atoms with Gasteiger partial charge in [-0.25, -0.2) is 0 Å². The van der Waals surface area contributed by atoms with E-state index >= 15 is 0 Å². The molecule has 0 bridgehead atoms. The molecule has 1 aliphatic rings. The van der Waals surface area contributed by atoms with Crippen molar-refractivity contribution in [2.24, 2.45) is 0 Å². The lowest BCUT2D eigenvalue weighted by Crippen LogP contribution is -2.38. The summed E-state index contributed by atoms with van der Waals surface area (Å²) in [5.74, 6) is 1.53. The van der Waals surface area contributed by atoms with Crippen LogP contribution >= 0.6 is 0 Å². The molecule has 0 N–H and O–H groups in total. The molecule has 4 rings (SSSR count). The average molecular weight is 362 g/mol. The molecule has 0 spiro atoms. The molecular formula is C21H22N4O2. The van der Waals surface area contributed by atoms with E-state index in [4.69, 9.17) is 4.52 Å². The number of amides is 1. The Hall–Kier alpha value is -3.02. The Morgan fingerprint density at radius 3 is 2.78 bits per heavy atom. The molecule has 1 saturated heterocycles. The number of aryl methyl sites for hydroxylation is 1. The number of benzene rings is 1. The molecule has 2 aromatic heterocycles. The molecule has 138 valence electrons. The summed E-state index contributed by atoms with van der Waals surface area (Å²) in [6, 6.07) is 13.7. The third-order valence-electron chi connectivity index (χ3n) is 4.97. The van der Waals surface area contributed by atoms with Gasteiger partial charge in [-0.2, -0.15) is 4.98 Å². The maximum Gasteiger partial charge on any atom is 0.230 e. The second-order valence-corrected chi connectivity index (χ2v) is 6.99. The maximum absolute atomic E-state index is 12.6. The molecule has 6 nitrogen and oxygen atoms in total. The standard InChI is InChI=1S/C21H22N4O2/c1-15-5-4-6-16(13-15)14-19(26)25-11-8-17(9-12-25)21-23-20(24-27-21)18-7-2-3-10-22-18/h2-7,10,13,17H,8-9,11-12,14H2,1H3. The lowest BCUT2D eigenvalue weighted by atomic mass is 9.96. The number of carbonyl (C=O) groups excluding carboxylic acids is 1. The summed E-state index contributed by atoms with van der Waals surface area (Å²) < 4.78 is 5.46. The summed E-state index contributed by atoms with van der Waals surface area (Å²) in [6.07, 6.45) is 3.84. The second-order valence-electron chi connectivity index (χ2n) is 6.99. The number of aromatic nitrogens is 3. The first-order valence-corrected chi connectivity index (χ1v) is 9.27. The number of rotatable bonds is 4. The Morgan fingerprint density at radius 1 is 1.19 bits per heavy atom. The summed E-state index contributed by atoms with van der Waals surface area (Å²) in [5, 5.41) is 4.05. The number of carbonyl (C=O) groups is 1. The molecule has 3 heterocycles. The van der Waals surface area contributed by atoms with Crippen LogP contribution in [0.5, 0.6) is 0 Å². The van der Waals surface area contributed by atoms with Crippen molar-refractivity contribution in [2.45, 2.75) is 32.1 Å². The van der Waals surface area contributed by atoms with Gasteiger partial charge < -0.3 is 9.42 Å². The quantitative estimate of drug-likeness (QED) is 0.711. The Kier molecular flexibility index (Phi) is 4.96. The van der Waals surface area contributed by atoms with Crippen molar-refractivity contribution in [1.82, 2.24) is 20.0 Å². The van der Waals surface area contributed by atoms with Crippen molar-refractivity contribution >= 4 is 5.91 Å². The fourth-order valence-corrected chi connectivity index (χ4v) is 3.48. The molecule has 1 amide bonds. The molecule has 1 aromatic carbocycles. The molecular weight excluding hydrogens is 340 g/mol. The van der Waals surface area contributed by atoms with Crippen molar-refractivity contribution in [3.05, 3.63) is 65.7 Å². The van der Waals surface area contributed by atoms with Gasteiger partial charge in [0.05, 0.1) is 6.42 Å². The SMILES string of the molecule is Cc1cccc(CC(=O)N2CCC(c3nc(-c4ccccn4)no3)CC2)c1. The van der Waals surface area contributed by atoms with Crippen LogP contribution in [-0.4, -0.2) is 39.0 Å². The van der Waals surface area contributed by atoms with Gasteiger partial charge in [-0.1, -0.05) is 41.1 Å². The van der Waals surface area contributed by atoms with E-state index in [0.717, 1.165) is 31.5 Å². The highest BCUT2D eigenvalue weighted by atomic mass is 16.5. The zero-order valence-corrected chi connectivity index (χ0v) is 15.3. The van der Waals surface area contributed by atoms with E-state index in [0.29, 0.717) is 23.8 Å². The van der Waals surface area contributed by atoms with Crippen LogP contribution in [0.3, 0.4) is 0 Å². The van der Waals surface area contributed by atoms with Gasteiger partial charge in [0.15, 0.2) is 0 Å². The van der Waals surface area contributed by atoms with Gasteiger partial charge in [0.2, 0.25) is 17.6 Å². The minimum absolute atomic E-state index is 0.179. The summed E-state index contributed by atoms with van der Waals surface area (Å²) in [7, 11) is 0. The largest absolute Gasteiger partial charge is 0.342 e. The maximum atomic E-state index is 12.6. The highest BCUT2D eigenvalue weighted by molar-refractivity contribution is 5.78. The van der Waals surface area contributed by atoms with Crippen LogP contribution in [-0.2, 0) is 11.2 Å². The van der Waals surface area contributed by atoms with Crippen molar-refractivity contribution in [1.29, 1.82) is 0 Å². The first kappa shape index (κ1) is 17.4. The third kappa shape index (κ3) is 4.05. The highest BCUT2D eigenvalue weighted by Crippen LogP contribution is 2.28. The van der Waals surface area contributed by atoms with Crippen LogP contribution in [0.2, 0.25) is 0 Å². The molecule has 1 fully saturated rings. The van der Waals surface area contributed by atoms with Crippen LogP contribution in [0.15, 0.2) is 53.2 Å². The normalized spacial score (nSPS) is 15.1. The van der Waals surface area contributed by atoms with Gasteiger partial charge >= 0.3 is 0 Å². The van der Waals surface area contributed by atoms with Gasteiger partial charge in [0, 0.05) is 25.2 Å². The van der Waals surface area contributed by atoms with E-state index in [-0.39, 0.29) is 11.8 Å². The number of pyridine rings is 1. The Bertz CT molecular complexity index is 915. The van der Waals surface area contributed by atoms with Crippen LogP contribution in [0.4, 0.5) is 0 Å². The number of piperidine rings is 1. The van der Waals surface area contributed by atoms with Gasteiger partial charge in [-0.3, -0.25) is 9.78 Å². The molecule has 3 aromatic rings. The molecule has 0 atom stereocenters. The third-order valence-corrected chi connectivity index (χ3v) is 4.97. The number of nitrogens with zero attached hydrogens (tertiary/aromatic N) is 4. The van der Waals surface area contributed by atoms with Crippen molar-refractivity contribution in [3.63, 3.8) is 0 Å². The summed E-state index contributed by atoms with van der Waals surface area (Å²) in [6.45, 7) is 3.48. The molecule has 6 heteroatoms. The van der Waals surface area contributed by atoms with Crippen LogP contribution in [0, 0.1) is 6.92 Å². The zero-order chi connectivity index (χ0) is 18.6. The predicted molar refractivity (Wildman–Crippen MR) is 101 cm³/mol. The summed E-state index contributed by atoms with van der Waals surface area (Å²) in [5.41, 5.74) is 2.96. The Morgan fingerprint density at radius 2 is 2.04 bits per heavy atom. The lowest BCUT2D eigenvalue weighted by molar-refractivity contribution is -0.131. The van der Waals surface area contributed by atoms with Gasteiger partial charge in [-0.15, -0.1) is 0 Å². The number of hydrogen-bond acceptors (Lipinski definition) is 5. The molecule has 27 heavy (non-hydrogen) atoms. The molecule has 0 unspecified atom stereocenters. The molecule has 0 radical (unpaired) electrons. The Labute approximate surface area is 158 Å². The number of likely N-dealkylation sites (tertiary alicyclic amines) is 1. The highest BCUT2D eigenvalue weighted by Gasteiger charge is 2.27. The van der Waals surface area contributed by atoms with E-state index < -0.39 is 0 Å². The lowest BCUT2D eigenvalue weighted by Gasteiger charge is -2.30. The fourth-order valence-electron chi connectivity index (χ4n) is 3.48. The summed E-state index contributed by atoms with van der Waals surface area (Å²) >= 11 is 0. The molecule has 0 aliphatic carbocycles. The Balaban J connectivity index is 1.35. The van der Waals surface area contributed by atoms with E-state index in [2.05, 4.69) is 21.2 Å². The van der Waals surface area contributed by atoms with E-state index in [1.807, 2.05) is 48.2 Å². The van der Waals surface area contributed by atoms with E-state index in [1.165, 1.54) is 5.56 Å². The topological polar surface area (TPSA) is 72.1 Å². The predicted octanol–water partition coefficient (Wildman–Crippen LogP) is 3.39. The minimum Gasteiger partial charge on any atom is -0.342 e. The van der Waals surface area contributed by atoms with Gasteiger partial charge in [-0.05, 0) is 37.5 Å². The average Bonchev–Trinajstić information content (AvgIpc) is 3.19. The van der Waals surface area contributed by atoms with Crippen LogP contribution < -0.4 is 0 Å². The second kappa shape index (κ2) is 7.70. The van der Waals surface area contributed by atoms with Gasteiger partial charge in [0.1, 0.15) is 5.69 Å². The van der Waals surface area contributed by atoms with Crippen LogP contribution in [0.1, 0.15) is 35.8 Å². The van der Waals surface area contributed by atoms with Crippen molar-refractivity contribution < 1.29 is 9.32 Å². The van der Waals surface area contributed by atoms with Gasteiger partial charge in [0.25, 0.3) is 0 Å². The minimum atomic E-state index is 0.179. The first-order chi connectivity index (χ1) is 13.2. The van der Waals surface area contributed by atoms with Crippen molar-refractivity contribution in [3.8, 4) is 11.5 Å². The molecule has 1 aliphatic heterocycles. The monoisotopic (exact) mass is 362 g/mol. The fraction of sp³-hybridized carbons (Fsp3) is 0.333. The van der Waals surface area contributed by atoms with Crippen molar-refractivity contribution in [2.75, 3.05) is 13.1 Å². The first-order valence-electron chi connectivity index (χ1n) is 9.27. The number of hydrogen-bond donors (Lipinski definition) is 0. The summed E-state index contributed by atoms with van der Waals surface area (Å²) in [4.78, 5) is 23.3. The zero-order valence-electron chi connectivity index (χ0n) is 15.3. The van der Waals surface area contributed by atoms with E-state index in [1.54, 1.807) is 6.20 Å². The molecule has 0 saturated carbocycles.